The molecular weight excluding hydrogens is 1980 g/mol. The molecule has 144 heavy (non-hydrogen) atoms. The summed E-state index contributed by atoms with van der Waals surface area (Å²) in [6.45, 7) is 12.1. The minimum Gasteiger partial charge on any atom is -0.481 e. The lowest BCUT2D eigenvalue weighted by Gasteiger charge is -2.28. The third-order valence-corrected chi connectivity index (χ3v) is 22.9. The first kappa shape index (κ1) is 127. The predicted molar refractivity (Wildman–Crippen MR) is 523 cm³/mol. The van der Waals surface area contributed by atoms with Crippen molar-refractivity contribution >= 4 is 192 Å². The number of unbranched alkanes of at least 4 members (excludes halogenated alkanes) is 1. The van der Waals surface area contributed by atoms with Crippen LogP contribution in [0.3, 0.4) is 0 Å². The molecule has 22 amide bonds. The van der Waals surface area contributed by atoms with E-state index < -0.39 is 343 Å². The molecule has 2 rings (SSSR count). The zero-order valence-electron chi connectivity index (χ0n) is 81.1. The summed E-state index contributed by atoms with van der Waals surface area (Å²) in [5.74, 6) is -30.5. The van der Waals surface area contributed by atoms with Crippen molar-refractivity contribution in [2.75, 3.05) is 49.3 Å². The van der Waals surface area contributed by atoms with Crippen molar-refractivity contribution in [2.45, 2.75) is 268 Å². The minimum absolute atomic E-state index is 0.108. The quantitative estimate of drug-likeness (QED) is 0.0216. The van der Waals surface area contributed by atoms with Crippen molar-refractivity contribution in [3.63, 3.8) is 0 Å². The van der Waals surface area contributed by atoms with Gasteiger partial charge in [0.05, 0.1) is 69.1 Å². The monoisotopic (exact) mass is 2110 g/mol. The number of aromatic nitrogens is 4. The number of carbonyl (C=O) groups is 24. The number of rotatable bonds is 69. The van der Waals surface area contributed by atoms with Gasteiger partial charge in [-0.1, -0.05) is 61.8 Å². The minimum atomic E-state index is -1.92. The average Bonchev–Trinajstić information content (AvgIpc) is 0.992. The lowest BCUT2D eigenvalue weighted by Crippen LogP contribution is -2.62. The van der Waals surface area contributed by atoms with Crippen LogP contribution in [0.1, 0.15) is 151 Å². The summed E-state index contributed by atoms with van der Waals surface area (Å²) in [5, 5.41) is 85.1. The van der Waals surface area contributed by atoms with Gasteiger partial charge in [0.15, 0.2) is 0 Å². The molecule has 2 aromatic heterocycles. The summed E-state index contributed by atoms with van der Waals surface area (Å²) in [6, 6.07) is -30.8. The normalized spacial score (nSPS) is 15.3. The lowest BCUT2D eigenvalue weighted by molar-refractivity contribution is -0.144. The number of imidazole rings is 2. The van der Waals surface area contributed by atoms with Gasteiger partial charge in [-0.3, -0.25) is 110 Å². The smallest absolute Gasteiger partial charge is 0.326 e. The van der Waals surface area contributed by atoms with E-state index in [9.17, 15) is 135 Å². The molecule has 0 spiro atoms. The van der Waals surface area contributed by atoms with Gasteiger partial charge in [-0.15, -0.1) is 0 Å². The third kappa shape index (κ3) is 46.1. The molecule has 2 aromatic rings. The molecule has 806 valence electrons. The second-order valence-electron chi connectivity index (χ2n) is 34.8. The van der Waals surface area contributed by atoms with E-state index in [4.69, 9.17) is 28.7 Å². The maximum Gasteiger partial charge on any atom is 0.326 e. The summed E-state index contributed by atoms with van der Waals surface area (Å²) < 4.78 is 0. The van der Waals surface area contributed by atoms with E-state index in [1.807, 2.05) is 0 Å². The maximum absolute atomic E-state index is 14.5. The Morgan fingerprint density at radius 2 is 0.688 bits per heavy atom. The first-order valence-corrected chi connectivity index (χ1v) is 48.3. The van der Waals surface area contributed by atoms with Crippen LogP contribution in [0.25, 0.3) is 0 Å². The maximum atomic E-state index is 14.5. The molecule has 20 atom stereocenters. The number of aliphatic carboxylic acids is 2. The van der Waals surface area contributed by atoms with Crippen molar-refractivity contribution in [1.29, 1.82) is 0 Å². The number of aliphatic hydroxyl groups excluding tert-OH is 2. The molecule has 0 aromatic carbocycles. The number of carbonyl (C=O) groups excluding carboxylic acids is 22. The van der Waals surface area contributed by atoms with Gasteiger partial charge in [0, 0.05) is 54.7 Å². The Hall–Kier alpha value is -13.1. The van der Waals surface area contributed by atoms with Crippen molar-refractivity contribution in [3.05, 3.63) is 36.4 Å². The Kier molecular flexibility index (Phi) is 57.6. The lowest BCUT2D eigenvalue weighted by atomic mass is 9.97. The zero-order valence-corrected chi connectivity index (χ0v) is 84.7. The number of thiol groups is 4. The molecule has 0 fully saturated rings. The van der Waals surface area contributed by atoms with E-state index in [-0.39, 0.29) is 75.2 Å². The molecule has 0 saturated heterocycles. The molecule has 0 saturated carbocycles. The Balaban J connectivity index is 2.29. The van der Waals surface area contributed by atoms with Crippen LogP contribution in [0, 0.1) is 23.7 Å². The van der Waals surface area contributed by atoms with Crippen molar-refractivity contribution in [2.24, 2.45) is 52.3 Å². The Bertz CT molecular complexity index is 4720. The van der Waals surface area contributed by atoms with E-state index in [0.717, 1.165) is 6.92 Å². The van der Waals surface area contributed by atoms with Gasteiger partial charge >= 0.3 is 11.9 Å². The van der Waals surface area contributed by atoms with Gasteiger partial charge in [0.25, 0.3) is 0 Å². The Morgan fingerprint density at radius 1 is 0.361 bits per heavy atom. The number of H-pyrrole nitrogens is 2. The molecule has 35 N–H and O–H groups in total. The molecule has 0 bridgehead atoms. The number of carboxylic acids is 2. The van der Waals surface area contributed by atoms with Crippen LogP contribution in [0.5, 0.6) is 0 Å². The molecule has 0 radical (unpaired) electrons. The number of amides is 22. The molecule has 2 heterocycles. The first-order valence-electron chi connectivity index (χ1n) is 45.7. The number of nitrogens with one attached hydrogen (secondary N) is 21. The highest BCUT2D eigenvalue weighted by molar-refractivity contribution is 7.80. The van der Waals surface area contributed by atoms with Crippen molar-refractivity contribution in [1.82, 2.24) is 121 Å². The van der Waals surface area contributed by atoms with Gasteiger partial charge in [-0.2, -0.15) is 50.5 Å². The van der Waals surface area contributed by atoms with Crippen molar-refractivity contribution < 1.29 is 135 Å². The predicted octanol–water partition coefficient (Wildman–Crippen LogP) is -12.7. The van der Waals surface area contributed by atoms with Crippen LogP contribution >= 0.6 is 50.5 Å². The first-order chi connectivity index (χ1) is 67.6. The van der Waals surface area contributed by atoms with Crippen LogP contribution in [0.4, 0.5) is 0 Å². The topological polar surface area (TPSA) is 907 Å². The summed E-state index contributed by atoms with van der Waals surface area (Å²) in [7, 11) is 0. The zero-order chi connectivity index (χ0) is 109. The van der Waals surface area contributed by atoms with E-state index in [1.54, 1.807) is 41.5 Å². The third-order valence-electron chi connectivity index (χ3n) is 21.5. The largest absolute Gasteiger partial charge is 0.481 e. The van der Waals surface area contributed by atoms with Crippen LogP contribution in [0.15, 0.2) is 25.0 Å². The number of nitrogens with two attached hydrogens (primary N) is 5. The van der Waals surface area contributed by atoms with Gasteiger partial charge in [-0.25, -0.2) is 14.8 Å². The van der Waals surface area contributed by atoms with Crippen LogP contribution in [0.2, 0.25) is 0 Å². The Morgan fingerprint density at radius 3 is 1.06 bits per heavy atom. The number of aromatic amines is 2. The summed E-state index contributed by atoms with van der Waals surface area (Å²) in [5.41, 5.74) is 27.8. The van der Waals surface area contributed by atoms with Gasteiger partial charge in [0.1, 0.15) is 109 Å². The highest BCUT2D eigenvalue weighted by Crippen LogP contribution is 2.16. The summed E-state index contributed by atoms with van der Waals surface area (Å²) >= 11 is 16.7. The van der Waals surface area contributed by atoms with E-state index >= 15 is 0 Å². The number of aliphatic hydroxyl groups is 2. The Labute approximate surface area is 850 Å². The summed E-state index contributed by atoms with van der Waals surface area (Å²) in [4.78, 5) is 335. The molecule has 56 nitrogen and oxygen atoms in total. The number of nitrogens with zero attached hydrogens (tertiary/aromatic N) is 2. The fraction of sp³-hybridized carbons (Fsp3) is 0.643. The molecule has 0 unspecified atom stereocenters. The number of hydrogen-bond donors (Lipinski definition) is 34. The number of hydrogen-bond acceptors (Lipinski definition) is 34. The van der Waals surface area contributed by atoms with Crippen LogP contribution in [-0.4, -0.2) is 346 Å². The van der Waals surface area contributed by atoms with Crippen molar-refractivity contribution in [3.8, 4) is 0 Å². The van der Waals surface area contributed by atoms with Gasteiger partial charge in [0.2, 0.25) is 130 Å². The molecule has 0 aliphatic rings. The van der Waals surface area contributed by atoms with E-state index in [2.05, 4.69) is 171 Å². The van der Waals surface area contributed by atoms with Crippen LogP contribution < -0.4 is 130 Å². The van der Waals surface area contributed by atoms with E-state index in [0.29, 0.717) is 6.42 Å². The molecule has 60 heteroatoms. The van der Waals surface area contributed by atoms with E-state index in [1.165, 1.54) is 45.8 Å². The highest BCUT2D eigenvalue weighted by Gasteiger charge is 2.41. The number of carboxylic acid groups (broad SMARTS) is 2. The van der Waals surface area contributed by atoms with Crippen LogP contribution in [-0.2, 0) is 128 Å². The average molecular weight is 2120 g/mol. The molecule has 0 aliphatic carbocycles. The SMILES string of the molecule is CC[C@H](C)[C@H](NC(=O)[C@H](C)NC(=O)[C@H](CS)NC(=O)[C@H](CCCCN)NC(=O)[C@H](CC(C)C)NC(=O)[C@H](CS)NC(=O)[C@H](CO)NC(=O)[C@H](CC(C)C)NC(=O)[C@H](Cc1c[nH]cn1)NC(=O)[C@H](CO)NC(=O)[C@H](CS)NC(=O)[C@H](Cc1c[nH]cn1)NC(=O)[C@H](CC(N)=O)NC(=O)[C@@H](N)CCC(N)=O)C(=O)N[C@@H](C)C(=O)N[C@@H](CC(=O)O)C(=O)NCC(=O)N[C@@H](CS)C(=O)N[C@@H](CC(N)=O)C(=O)N[C@H](C(=O)O)C(C)C. The molecular formula is C84H138N28O28S4. The second-order valence-corrected chi connectivity index (χ2v) is 36.2. The fourth-order valence-electron chi connectivity index (χ4n) is 13.2. The summed E-state index contributed by atoms with van der Waals surface area (Å²) in [6.07, 6.45) is 1.49. The van der Waals surface area contributed by atoms with Gasteiger partial charge in [-0.05, 0) is 82.6 Å². The number of primary amides is 3. The highest BCUT2D eigenvalue weighted by atomic mass is 32.1. The standard InChI is InChI=1S/C84H138N28O28S4/c1-11-39(8)65(83(138)96-40(9)66(121)99-52(24-63(119)120)69(124)92-27-62(118)97-55(30-141)80(135)105-51(23-61(89)117)76(131)111-64(38(6)7)84(139)140)112-67(122)41(10)95-79(134)56(31-142)108-70(125)45(14-12-13-17-85)98-71(126)46(18-36(2)3)102-81(136)57(32-143)110-78(133)54(29-114)106-72(127)47(19-37(4)5)101-73(128)48(20-42-25-90-34-93-42)104-77(132)53(28-113)107-82(137)58(33-144)109-74(129)49(21-43-26-91-35-94-43)103-75(130)50(22-60(88)116)100-68(123)44(86)15-16-59(87)115/h25-26,34-41,44-58,64-65,113-114,141-144H,11-24,27-33,85-86H2,1-10H3,(H2,87,115)(H2,88,116)(H2,89,117)(H,90,93)(H,91,94)(H,92,124)(H,95,134)(H,96,138)(H,97,118)(H,98,126)(H,99,121)(H,100,123)(H,101,128)(H,102,136)(H,103,130)(H,104,132)(H,105,135)(H,106,127)(H,107,137)(H,108,125)(H,109,129)(H,110,133)(H,111,131)(H,112,122)(H,119,120)(H,139,140)/t39-,40-,41-,44-,45-,46-,47-,48-,49-,50-,51-,52-,53-,54-,55-,56-,57-,58-,64-,65-/m0/s1. The molecule has 0 aliphatic heterocycles. The fourth-order valence-corrected chi connectivity index (χ4v) is 14.2. The second kappa shape index (κ2) is 65.3. The van der Waals surface area contributed by atoms with Gasteiger partial charge < -0.3 is 160 Å².